The van der Waals surface area contributed by atoms with Crippen LogP contribution in [-0.4, -0.2) is 34.5 Å². The first-order chi connectivity index (χ1) is 15.9. The molecule has 2 aromatic carbocycles. The van der Waals surface area contributed by atoms with Gasteiger partial charge in [-0.15, -0.1) is 0 Å². The summed E-state index contributed by atoms with van der Waals surface area (Å²) in [4.78, 5) is 26.0. The maximum absolute atomic E-state index is 13.9. The Bertz CT molecular complexity index is 1160. The average molecular weight is 465 g/mol. The molecule has 0 aliphatic carbocycles. The van der Waals surface area contributed by atoms with E-state index >= 15 is 0 Å². The van der Waals surface area contributed by atoms with Gasteiger partial charge in [-0.25, -0.2) is 0 Å². The van der Waals surface area contributed by atoms with E-state index in [1.807, 2.05) is 39.8 Å². The predicted molar refractivity (Wildman–Crippen MR) is 132 cm³/mol. The van der Waals surface area contributed by atoms with E-state index in [0.717, 1.165) is 5.57 Å². The molecule has 0 aromatic heterocycles. The average Bonchev–Trinajstić information content (AvgIpc) is 2.75. The molecule has 1 heterocycles. The molecule has 0 radical (unpaired) electrons. The number of phenols is 2. The van der Waals surface area contributed by atoms with E-state index < -0.39 is 17.3 Å². The van der Waals surface area contributed by atoms with Crippen LogP contribution in [0.5, 0.6) is 23.0 Å². The smallest absolute Gasteiger partial charge is 0.178 e. The van der Waals surface area contributed by atoms with Crippen molar-refractivity contribution >= 4 is 17.6 Å². The van der Waals surface area contributed by atoms with E-state index in [0.29, 0.717) is 28.9 Å². The Morgan fingerprint density at radius 3 is 2.32 bits per heavy atom. The Morgan fingerprint density at radius 2 is 1.76 bits per heavy atom. The Balaban J connectivity index is 2.28. The van der Waals surface area contributed by atoms with Crippen LogP contribution >= 0.6 is 0 Å². The number of ketones is 2. The number of carbonyl (C=O) groups is 2. The van der Waals surface area contributed by atoms with Crippen molar-refractivity contribution in [2.75, 3.05) is 7.11 Å². The number of hydrogen-bond donors (Lipinski definition) is 2. The lowest BCUT2D eigenvalue weighted by atomic mass is 9.83. The summed E-state index contributed by atoms with van der Waals surface area (Å²) < 4.78 is 11.9. The Hall–Kier alpha value is -3.54. The van der Waals surface area contributed by atoms with Gasteiger partial charge in [0, 0.05) is 12.0 Å². The minimum absolute atomic E-state index is 0.0192. The molecule has 1 aliphatic rings. The van der Waals surface area contributed by atoms with Crippen LogP contribution in [0.15, 0.2) is 42.0 Å². The molecule has 3 rings (SSSR count). The third kappa shape index (κ3) is 5.16. The number of allylic oxidation sites excluding steroid dienone is 2. The Labute approximate surface area is 200 Å². The van der Waals surface area contributed by atoms with Gasteiger partial charge in [0.05, 0.1) is 18.6 Å². The second-order valence-electron chi connectivity index (χ2n) is 9.42. The zero-order valence-corrected chi connectivity index (χ0v) is 20.6. The van der Waals surface area contributed by atoms with Gasteiger partial charge in [0.15, 0.2) is 5.78 Å². The topological polar surface area (TPSA) is 93.1 Å². The van der Waals surface area contributed by atoms with Gasteiger partial charge in [-0.1, -0.05) is 23.8 Å². The number of Topliss-reactive ketones (excluding diaryl/α,β-unsaturated/α-hetero) is 2. The number of aromatic hydroxyl groups is 2. The zero-order valence-electron chi connectivity index (χ0n) is 20.6. The molecule has 0 saturated carbocycles. The fraction of sp³-hybridized carbons (Fsp3) is 0.357. The Morgan fingerprint density at radius 1 is 1.12 bits per heavy atom. The van der Waals surface area contributed by atoms with Crippen LogP contribution in [0, 0.1) is 0 Å². The SMILES string of the molecule is COc1c(CC=C(C)C)c2c(c(O)c1C(=O)[C@@H](CC(C)=O)c1ccc(O)cc1)C=CC(C)(C)O2. The lowest BCUT2D eigenvalue weighted by molar-refractivity contribution is -0.117. The van der Waals surface area contributed by atoms with Crippen LogP contribution in [-0.2, 0) is 11.2 Å². The quantitative estimate of drug-likeness (QED) is 0.382. The van der Waals surface area contributed by atoms with E-state index in [1.165, 1.54) is 26.2 Å². The highest BCUT2D eigenvalue weighted by atomic mass is 16.5. The van der Waals surface area contributed by atoms with Crippen molar-refractivity contribution in [3.63, 3.8) is 0 Å². The van der Waals surface area contributed by atoms with Gasteiger partial charge >= 0.3 is 0 Å². The number of carbonyl (C=O) groups excluding carboxylic acids is 2. The number of methoxy groups -OCH3 is 1. The van der Waals surface area contributed by atoms with Crippen LogP contribution in [0.25, 0.3) is 6.08 Å². The van der Waals surface area contributed by atoms with Crippen molar-refractivity contribution in [3.05, 3.63) is 64.2 Å². The minimum atomic E-state index is -0.850. The second kappa shape index (κ2) is 9.75. The van der Waals surface area contributed by atoms with Crippen molar-refractivity contribution in [2.45, 2.75) is 59.0 Å². The maximum Gasteiger partial charge on any atom is 0.178 e. The van der Waals surface area contributed by atoms with E-state index in [9.17, 15) is 19.8 Å². The van der Waals surface area contributed by atoms with Gasteiger partial charge in [0.1, 0.15) is 39.9 Å². The first-order valence-corrected chi connectivity index (χ1v) is 11.2. The van der Waals surface area contributed by atoms with E-state index in [-0.39, 0.29) is 35.0 Å². The van der Waals surface area contributed by atoms with Crippen molar-refractivity contribution in [3.8, 4) is 23.0 Å². The van der Waals surface area contributed by atoms with E-state index in [4.69, 9.17) is 9.47 Å². The molecule has 0 amide bonds. The number of fused-ring (bicyclic) bond motifs is 1. The van der Waals surface area contributed by atoms with E-state index in [2.05, 4.69) is 0 Å². The predicted octanol–water partition coefficient (Wildman–Crippen LogP) is 5.74. The summed E-state index contributed by atoms with van der Waals surface area (Å²) >= 11 is 0. The van der Waals surface area contributed by atoms with Gasteiger partial charge in [-0.2, -0.15) is 0 Å². The molecule has 1 atom stereocenters. The molecule has 6 heteroatoms. The molecule has 2 N–H and O–H groups in total. The molecule has 2 aromatic rings. The molecule has 34 heavy (non-hydrogen) atoms. The molecule has 0 fully saturated rings. The maximum atomic E-state index is 13.9. The molecule has 0 spiro atoms. The number of benzene rings is 2. The summed E-state index contributed by atoms with van der Waals surface area (Å²) in [5, 5.41) is 21.0. The number of rotatable bonds is 8. The normalized spacial score (nSPS) is 14.5. The molecule has 0 unspecified atom stereocenters. The summed E-state index contributed by atoms with van der Waals surface area (Å²) in [6, 6.07) is 6.16. The third-order valence-corrected chi connectivity index (χ3v) is 5.80. The van der Waals surface area contributed by atoms with Crippen LogP contribution < -0.4 is 9.47 Å². The molecular formula is C28H32O6. The highest BCUT2D eigenvalue weighted by Crippen LogP contribution is 2.49. The summed E-state index contributed by atoms with van der Waals surface area (Å²) in [7, 11) is 1.45. The minimum Gasteiger partial charge on any atom is -0.508 e. The fourth-order valence-electron chi connectivity index (χ4n) is 4.09. The fourth-order valence-corrected chi connectivity index (χ4v) is 4.09. The van der Waals surface area contributed by atoms with Crippen molar-refractivity contribution in [2.24, 2.45) is 0 Å². The molecule has 1 aliphatic heterocycles. The summed E-state index contributed by atoms with van der Waals surface area (Å²) in [5.41, 5.74) is 2.14. The first-order valence-electron chi connectivity index (χ1n) is 11.2. The molecule has 0 bridgehead atoms. The number of hydrogen-bond acceptors (Lipinski definition) is 6. The molecule has 180 valence electrons. The number of ether oxygens (including phenoxy) is 2. The molecule has 6 nitrogen and oxygen atoms in total. The highest BCUT2D eigenvalue weighted by Gasteiger charge is 2.36. The van der Waals surface area contributed by atoms with Crippen LogP contribution in [0.1, 0.15) is 74.0 Å². The van der Waals surface area contributed by atoms with Gasteiger partial charge in [-0.3, -0.25) is 9.59 Å². The summed E-state index contributed by atoms with van der Waals surface area (Å²) in [6.45, 7) is 9.19. The summed E-state index contributed by atoms with van der Waals surface area (Å²) in [5.74, 6) is -0.928. The van der Waals surface area contributed by atoms with Crippen LogP contribution in [0.2, 0.25) is 0 Å². The standard InChI is InChI=1S/C28H32O6/c1-16(2)7-12-21-26-20(13-14-28(4,5)34-26)24(31)23(27(21)33-6)25(32)22(15-17(3)29)18-8-10-19(30)11-9-18/h7-11,13-14,22,30-31H,12,15H2,1-6H3/t22-/m0/s1. The molecular weight excluding hydrogens is 432 g/mol. The van der Waals surface area contributed by atoms with Crippen molar-refractivity contribution in [1.82, 2.24) is 0 Å². The van der Waals surface area contributed by atoms with Crippen molar-refractivity contribution in [1.29, 1.82) is 0 Å². The van der Waals surface area contributed by atoms with Crippen LogP contribution in [0.4, 0.5) is 0 Å². The Kier molecular flexibility index (Phi) is 7.20. The lowest BCUT2D eigenvalue weighted by Crippen LogP contribution is -2.29. The van der Waals surface area contributed by atoms with Crippen molar-refractivity contribution < 1.29 is 29.3 Å². The largest absolute Gasteiger partial charge is 0.508 e. The lowest BCUT2D eigenvalue weighted by Gasteiger charge is -2.32. The molecule has 0 saturated heterocycles. The number of phenolic OH excluding ortho intramolecular Hbond substituents is 2. The van der Waals surface area contributed by atoms with Gasteiger partial charge in [0.25, 0.3) is 0 Å². The summed E-state index contributed by atoms with van der Waals surface area (Å²) in [6.07, 6.45) is 5.98. The first kappa shape index (κ1) is 25.1. The van der Waals surface area contributed by atoms with Gasteiger partial charge in [-0.05, 0) is 70.9 Å². The van der Waals surface area contributed by atoms with E-state index in [1.54, 1.807) is 18.2 Å². The highest BCUT2D eigenvalue weighted by molar-refractivity contribution is 6.08. The second-order valence-corrected chi connectivity index (χ2v) is 9.42. The van der Waals surface area contributed by atoms with Crippen LogP contribution in [0.3, 0.4) is 0 Å². The van der Waals surface area contributed by atoms with Gasteiger partial charge < -0.3 is 19.7 Å². The zero-order chi connectivity index (χ0) is 25.2. The third-order valence-electron chi connectivity index (χ3n) is 5.80. The van der Waals surface area contributed by atoms with Gasteiger partial charge in [0.2, 0.25) is 0 Å². The monoisotopic (exact) mass is 464 g/mol.